The van der Waals surface area contributed by atoms with Crippen LogP contribution in [0.3, 0.4) is 0 Å². The minimum atomic E-state index is 0.450. The van der Waals surface area contributed by atoms with E-state index in [2.05, 4.69) is 26.9 Å². The lowest BCUT2D eigenvalue weighted by molar-refractivity contribution is 0.195. The molecule has 1 aromatic heterocycles. The van der Waals surface area contributed by atoms with Crippen LogP contribution in [-0.2, 0) is 6.54 Å². The zero-order valence-electron chi connectivity index (χ0n) is 18.8. The van der Waals surface area contributed by atoms with Crippen LogP contribution in [0.2, 0.25) is 0 Å². The number of para-hydroxylation sites is 1. The number of aromatic nitrogens is 2. The van der Waals surface area contributed by atoms with Gasteiger partial charge in [0, 0.05) is 48.8 Å². The van der Waals surface area contributed by atoms with Gasteiger partial charge in [-0.05, 0) is 57.5 Å². The zero-order valence-corrected chi connectivity index (χ0v) is 19.6. The molecule has 2 aliphatic rings. The molecule has 0 saturated carbocycles. The second-order valence-electron chi connectivity index (χ2n) is 8.39. The Kier molecular flexibility index (Phi) is 8.05. The Morgan fingerprint density at radius 1 is 1.03 bits per heavy atom. The Morgan fingerprint density at radius 3 is 2.68 bits per heavy atom. The van der Waals surface area contributed by atoms with Crippen molar-refractivity contribution in [1.82, 2.24) is 19.8 Å². The second-order valence-corrected chi connectivity index (χ2v) is 9.45. The van der Waals surface area contributed by atoms with E-state index in [1.54, 1.807) is 26.0 Å². The predicted molar refractivity (Wildman–Crippen MR) is 125 cm³/mol. The third kappa shape index (κ3) is 5.90. The number of thioether (sulfide) groups is 1. The highest BCUT2D eigenvalue weighted by Crippen LogP contribution is 2.33. The highest BCUT2D eigenvalue weighted by Gasteiger charge is 2.24. The van der Waals surface area contributed by atoms with Crippen molar-refractivity contribution in [2.75, 3.05) is 52.7 Å². The Morgan fingerprint density at radius 2 is 1.87 bits per heavy atom. The molecule has 168 valence electrons. The Bertz CT molecular complexity index is 844. The Hall–Kier alpha value is -1.83. The molecule has 0 amide bonds. The van der Waals surface area contributed by atoms with Crippen LogP contribution in [0.1, 0.15) is 42.9 Å². The normalized spacial score (nSPS) is 20.1. The number of piperidine rings is 1. The molecule has 2 aromatic rings. The van der Waals surface area contributed by atoms with Gasteiger partial charge in [0.05, 0.1) is 14.2 Å². The topological polar surface area (TPSA) is 50.7 Å². The maximum Gasteiger partial charge on any atom is 0.187 e. The number of hydrogen-bond acceptors (Lipinski definition) is 7. The summed E-state index contributed by atoms with van der Waals surface area (Å²) in [4.78, 5) is 14.5. The SMILES string of the molecule is COc1cccc(CN2CCC[C@H](c3ccnc(SCCN4CCCC4)n3)C2)c1OC. The number of benzene rings is 1. The lowest BCUT2D eigenvalue weighted by atomic mass is 9.94. The number of likely N-dealkylation sites (tertiary alicyclic amines) is 2. The summed E-state index contributed by atoms with van der Waals surface area (Å²) in [5.41, 5.74) is 2.35. The van der Waals surface area contributed by atoms with Crippen molar-refractivity contribution in [2.45, 2.75) is 43.3 Å². The van der Waals surface area contributed by atoms with Crippen LogP contribution in [-0.4, -0.2) is 72.5 Å². The molecule has 1 aromatic carbocycles. The molecule has 0 N–H and O–H groups in total. The van der Waals surface area contributed by atoms with Crippen LogP contribution >= 0.6 is 11.8 Å². The van der Waals surface area contributed by atoms with Gasteiger partial charge in [-0.15, -0.1) is 0 Å². The van der Waals surface area contributed by atoms with E-state index in [1.807, 2.05) is 18.3 Å². The van der Waals surface area contributed by atoms with E-state index in [9.17, 15) is 0 Å². The zero-order chi connectivity index (χ0) is 21.5. The molecule has 6 nitrogen and oxygen atoms in total. The fourth-order valence-corrected chi connectivity index (χ4v) is 5.52. The van der Waals surface area contributed by atoms with Gasteiger partial charge >= 0.3 is 0 Å². The summed E-state index contributed by atoms with van der Waals surface area (Å²) >= 11 is 1.79. The first-order valence-electron chi connectivity index (χ1n) is 11.4. The molecule has 0 spiro atoms. The van der Waals surface area contributed by atoms with Crippen molar-refractivity contribution in [1.29, 1.82) is 0 Å². The van der Waals surface area contributed by atoms with Crippen molar-refractivity contribution >= 4 is 11.8 Å². The largest absolute Gasteiger partial charge is 0.493 e. The summed E-state index contributed by atoms with van der Waals surface area (Å²) in [6.07, 6.45) is 6.98. The highest BCUT2D eigenvalue weighted by molar-refractivity contribution is 7.99. The molecule has 2 aliphatic heterocycles. The van der Waals surface area contributed by atoms with E-state index in [4.69, 9.17) is 14.5 Å². The van der Waals surface area contributed by atoms with Gasteiger partial charge in [0.2, 0.25) is 0 Å². The second kappa shape index (κ2) is 11.2. The summed E-state index contributed by atoms with van der Waals surface area (Å²) in [6.45, 7) is 6.60. The van der Waals surface area contributed by atoms with Gasteiger partial charge in [-0.3, -0.25) is 4.90 Å². The number of hydrogen-bond donors (Lipinski definition) is 0. The smallest absolute Gasteiger partial charge is 0.187 e. The van der Waals surface area contributed by atoms with Crippen molar-refractivity contribution in [3.8, 4) is 11.5 Å². The summed E-state index contributed by atoms with van der Waals surface area (Å²) < 4.78 is 11.1. The van der Waals surface area contributed by atoms with Crippen LogP contribution in [0.4, 0.5) is 0 Å². The van der Waals surface area contributed by atoms with E-state index in [-0.39, 0.29) is 0 Å². The third-order valence-corrected chi connectivity index (χ3v) is 7.14. The van der Waals surface area contributed by atoms with E-state index < -0.39 is 0 Å². The van der Waals surface area contributed by atoms with E-state index in [1.165, 1.54) is 50.0 Å². The minimum Gasteiger partial charge on any atom is -0.493 e. The maximum absolute atomic E-state index is 5.63. The minimum absolute atomic E-state index is 0.450. The summed E-state index contributed by atoms with van der Waals surface area (Å²) in [5, 5.41) is 0.920. The molecule has 2 saturated heterocycles. The van der Waals surface area contributed by atoms with Gasteiger partial charge in [0.1, 0.15) is 0 Å². The average molecular weight is 443 g/mol. The molecule has 7 heteroatoms. The van der Waals surface area contributed by atoms with Gasteiger partial charge in [-0.1, -0.05) is 23.9 Å². The van der Waals surface area contributed by atoms with Gasteiger partial charge < -0.3 is 14.4 Å². The van der Waals surface area contributed by atoms with Crippen LogP contribution in [0.25, 0.3) is 0 Å². The van der Waals surface area contributed by atoms with E-state index >= 15 is 0 Å². The summed E-state index contributed by atoms with van der Waals surface area (Å²) in [7, 11) is 3.40. The number of nitrogens with zero attached hydrogens (tertiary/aromatic N) is 4. The molecule has 0 unspecified atom stereocenters. The molecule has 0 aliphatic carbocycles. The average Bonchev–Trinajstić information content (AvgIpc) is 3.33. The van der Waals surface area contributed by atoms with Crippen LogP contribution in [0.15, 0.2) is 35.6 Å². The molecule has 3 heterocycles. The molecule has 4 rings (SSSR count). The monoisotopic (exact) mass is 442 g/mol. The van der Waals surface area contributed by atoms with Crippen molar-refractivity contribution in [3.05, 3.63) is 41.7 Å². The summed E-state index contributed by atoms with van der Waals surface area (Å²) in [6, 6.07) is 8.22. The van der Waals surface area contributed by atoms with E-state index in [0.717, 1.165) is 48.6 Å². The van der Waals surface area contributed by atoms with Crippen molar-refractivity contribution in [3.63, 3.8) is 0 Å². The lowest BCUT2D eigenvalue weighted by Crippen LogP contribution is -2.34. The van der Waals surface area contributed by atoms with Gasteiger partial charge in [-0.2, -0.15) is 0 Å². The molecular formula is C24H34N4O2S. The maximum atomic E-state index is 5.63. The fraction of sp³-hybridized carbons (Fsp3) is 0.583. The predicted octanol–water partition coefficient (Wildman–Crippen LogP) is 4.06. The van der Waals surface area contributed by atoms with Gasteiger partial charge in [0.15, 0.2) is 16.7 Å². The lowest BCUT2D eigenvalue weighted by Gasteiger charge is -2.33. The van der Waals surface area contributed by atoms with Crippen LogP contribution in [0, 0.1) is 0 Å². The first-order chi connectivity index (χ1) is 15.3. The van der Waals surface area contributed by atoms with Crippen LogP contribution < -0.4 is 9.47 Å². The molecule has 1 atom stereocenters. The van der Waals surface area contributed by atoms with E-state index in [0.29, 0.717) is 5.92 Å². The Balaban J connectivity index is 1.36. The molecule has 31 heavy (non-hydrogen) atoms. The standard InChI is InChI=1S/C24H34N4O2S/c1-29-22-9-5-7-20(23(22)30-2)18-28-14-6-8-19(17-28)21-10-11-25-24(26-21)31-16-15-27-12-3-4-13-27/h5,7,9-11,19H,3-4,6,8,12-18H2,1-2H3/t19-/m0/s1. The van der Waals surface area contributed by atoms with Gasteiger partial charge in [0.25, 0.3) is 0 Å². The van der Waals surface area contributed by atoms with Crippen molar-refractivity contribution < 1.29 is 9.47 Å². The summed E-state index contributed by atoms with van der Waals surface area (Å²) in [5.74, 6) is 3.15. The first-order valence-corrected chi connectivity index (χ1v) is 12.4. The molecule has 2 fully saturated rings. The number of methoxy groups -OCH3 is 2. The number of rotatable bonds is 9. The quantitative estimate of drug-likeness (QED) is 0.429. The molecular weight excluding hydrogens is 408 g/mol. The first kappa shape index (κ1) is 22.4. The van der Waals surface area contributed by atoms with Crippen molar-refractivity contribution in [2.24, 2.45) is 0 Å². The molecule has 0 bridgehead atoms. The third-order valence-electron chi connectivity index (χ3n) is 6.29. The molecule has 0 radical (unpaired) electrons. The fourth-order valence-electron chi connectivity index (χ4n) is 4.68. The Labute approximate surface area is 190 Å². The number of ether oxygens (including phenoxy) is 2. The van der Waals surface area contributed by atoms with Gasteiger partial charge in [-0.25, -0.2) is 9.97 Å². The highest BCUT2D eigenvalue weighted by atomic mass is 32.2. The van der Waals surface area contributed by atoms with Crippen LogP contribution in [0.5, 0.6) is 11.5 Å².